The molecule has 0 saturated carbocycles. The lowest BCUT2D eigenvalue weighted by atomic mass is 9.91. The molecule has 0 atom stereocenters. The Morgan fingerprint density at radius 1 is 0.625 bits per heavy atom. The van der Waals surface area contributed by atoms with Crippen molar-refractivity contribution in [3.05, 3.63) is 58.7 Å². The SMILES string of the molecule is COc1ccc2c(c1)CCCC1=C2CCCc2cc(OC)ccc21. The van der Waals surface area contributed by atoms with Crippen molar-refractivity contribution < 1.29 is 9.47 Å². The van der Waals surface area contributed by atoms with Crippen LogP contribution in [0.2, 0.25) is 0 Å². The van der Waals surface area contributed by atoms with Crippen LogP contribution >= 0.6 is 0 Å². The Bertz CT molecular complexity index is 734. The Hall–Kier alpha value is -2.22. The van der Waals surface area contributed by atoms with Gasteiger partial charge in [0.2, 0.25) is 0 Å². The standard InChI is InChI=1S/C22H24O2/c1-23-17-9-11-19-15(13-17)5-3-7-22-20-12-10-18(24-2)14-16(20)6-4-8-21(19)22/h9-14H,3-8H2,1-2H3. The van der Waals surface area contributed by atoms with Crippen LogP contribution in [0.3, 0.4) is 0 Å². The maximum Gasteiger partial charge on any atom is 0.119 e. The molecule has 4 rings (SSSR count). The van der Waals surface area contributed by atoms with Gasteiger partial charge in [-0.2, -0.15) is 0 Å². The molecule has 0 fully saturated rings. The maximum absolute atomic E-state index is 5.43. The van der Waals surface area contributed by atoms with E-state index in [1.807, 2.05) is 0 Å². The van der Waals surface area contributed by atoms with Gasteiger partial charge in [0.05, 0.1) is 14.2 Å². The smallest absolute Gasteiger partial charge is 0.119 e. The van der Waals surface area contributed by atoms with Gasteiger partial charge < -0.3 is 9.47 Å². The van der Waals surface area contributed by atoms with Crippen LogP contribution in [0.5, 0.6) is 11.5 Å². The van der Waals surface area contributed by atoms with E-state index in [1.165, 1.54) is 35.1 Å². The number of aryl methyl sites for hydroxylation is 2. The highest BCUT2D eigenvalue weighted by molar-refractivity contribution is 5.94. The third-order valence-corrected chi connectivity index (χ3v) is 5.39. The van der Waals surface area contributed by atoms with Crippen LogP contribution in [0.25, 0.3) is 11.1 Å². The fraction of sp³-hybridized carbons (Fsp3) is 0.364. The summed E-state index contributed by atoms with van der Waals surface area (Å²) in [6.07, 6.45) is 6.97. The third-order valence-electron chi connectivity index (χ3n) is 5.39. The summed E-state index contributed by atoms with van der Waals surface area (Å²) in [6.45, 7) is 0. The van der Waals surface area contributed by atoms with Crippen LogP contribution in [0, 0.1) is 0 Å². The van der Waals surface area contributed by atoms with Gasteiger partial charge in [0.15, 0.2) is 0 Å². The third kappa shape index (κ3) is 2.60. The molecular weight excluding hydrogens is 296 g/mol. The summed E-state index contributed by atoms with van der Waals surface area (Å²) in [6, 6.07) is 13.2. The minimum Gasteiger partial charge on any atom is -0.497 e. The molecule has 0 unspecified atom stereocenters. The number of benzene rings is 2. The summed E-state index contributed by atoms with van der Waals surface area (Å²) < 4.78 is 10.9. The fourth-order valence-corrected chi connectivity index (χ4v) is 4.20. The number of hydrogen-bond acceptors (Lipinski definition) is 2. The molecule has 0 spiro atoms. The molecule has 0 aliphatic heterocycles. The molecule has 2 nitrogen and oxygen atoms in total. The van der Waals surface area contributed by atoms with Gasteiger partial charge in [-0.15, -0.1) is 0 Å². The van der Waals surface area contributed by atoms with Gasteiger partial charge in [0, 0.05) is 0 Å². The highest BCUT2D eigenvalue weighted by atomic mass is 16.5. The molecule has 124 valence electrons. The van der Waals surface area contributed by atoms with Crippen molar-refractivity contribution >= 4 is 11.1 Å². The summed E-state index contributed by atoms with van der Waals surface area (Å²) in [5.41, 5.74) is 8.86. The number of fused-ring (bicyclic) bond motifs is 4. The van der Waals surface area contributed by atoms with E-state index in [0.29, 0.717) is 0 Å². The quantitative estimate of drug-likeness (QED) is 0.749. The van der Waals surface area contributed by atoms with Gasteiger partial charge >= 0.3 is 0 Å². The second kappa shape index (κ2) is 6.35. The normalized spacial score (nSPS) is 16.4. The second-order valence-corrected chi connectivity index (χ2v) is 6.71. The second-order valence-electron chi connectivity index (χ2n) is 6.71. The Kier molecular flexibility index (Phi) is 4.05. The van der Waals surface area contributed by atoms with E-state index in [0.717, 1.165) is 37.2 Å². The van der Waals surface area contributed by atoms with Gasteiger partial charge in [0.25, 0.3) is 0 Å². The van der Waals surface area contributed by atoms with Gasteiger partial charge in [-0.05, 0) is 96.2 Å². The first-order chi connectivity index (χ1) is 11.8. The van der Waals surface area contributed by atoms with Crippen molar-refractivity contribution in [3.8, 4) is 11.5 Å². The molecule has 2 aliphatic carbocycles. The number of rotatable bonds is 2. The Labute approximate surface area is 144 Å². The lowest BCUT2D eigenvalue weighted by Crippen LogP contribution is -1.94. The number of allylic oxidation sites excluding steroid dienone is 2. The van der Waals surface area contributed by atoms with E-state index in [2.05, 4.69) is 36.4 Å². The van der Waals surface area contributed by atoms with Gasteiger partial charge in [-0.1, -0.05) is 12.1 Å². The molecule has 2 aromatic carbocycles. The van der Waals surface area contributed by atoms with Crippen LogP contribution in [0.1, 0.15) is 47.9 Å². The van der Waals surface area contributed by atoms with Crippen molar-refractivity contribution in [1.29, 1.82) is 0 Å². The van der Waals surface area contributed by atoms with Crippen molar-refractivity contribution in [3.63, 3.8) is 0 Å². The topological polar surface area (TPSA) is 18.5 Å². The molecule has 0 radical (unpaired) electrons. The molecule has 2 heteroatoms. The first-order valence-corrected chi connectivity index (χ1v) is 8.87. The lowest BCUT2D eigenvalue weighted by molar-refractivity contribution is 0.414. The Morgan fingerprint density at radius 2 is 1.08 bits per heavy atom. The minimum atomic E-state index is 0.969. The molecule has 0 N–H and O–H groups in total. The molecule has 0 saturated heterocycles. The molecule has 24 heavy (non-hydrogen) atoms. The van der Waals surface area contributed by atoms with Crippen LogP contribution in [0.15, 0.2) is 36.4 Å². The van der Waals surface area contributed by atoms with E-state index in [9.17, 15) is 0 Å². The Morgan fingerprint density at radius 3 is 1.50 bits per heavy atom. The first kappa shape index (κ1) is 15.3. The zero-order chi connectivity index (χ0) is 16.5. The van der Waals surface area contributed by atoms with E-state index < -0.39 is 0 Å². The van der Waals surface area contributed by atoms with Crippen molar-refractivity contribution in [2.45, 2.75) is 38.5 Å². The van der Waals surface area contributed by atoms with Crippen LogP contribution < -0.4 is 9.47 Å². The fourth-order valence-electron chi connectivity index (χ4n) is 4.20. The van der Waals surface area contributed by atoms with Crippen LogP contribution in [-0.2, 0) is 12.8 Å². The maximum atomic E-state index is 5.43. The largest absolute Gasteiger partial charge is 0.497 e. The van der Waals surface area contributed by atoms with Gasteiger partial charge in [-0.3, -0.25) is 0 Å². The molecule has 0 aromatic heterocycles. The van der Waals surface area contributed by atoms with Crippen LogP contribution in [0.4, 0.5) is 0 Å². The Balaban J connectivity index is 1.88. The molecular formula is C22H24O2. The van der Waals surface area contributed by atoms with Gasteiger partial charge in [0.1, 0.15) is 11.5 Å². The summed E-state index contributed by atoms with van der Waals surface area (Å²) in [7, 11) is 3.50. The molecule has 0 bridgehead atoms. The molecule has 0 heterocycles. The number of hydrogen-bond donors (Lipinski definition) is 0. The summed E-state index contributed by atoms with van der Waals surface area (Å²) in [5.74, 6) is 1.94. The number of ether oxygens (including phenoxy) is 2. The summed E-state index contributed by atoms with van der Waals surface area (Å²) >= 11 is 0. The van der Waals surface area contributed by atoms with E-state index in [4.69, 9.17) is 9.47 Å². The zero-order valence-electron chi connectivity index (χ0n) is 14.5. The van der Waals surface area contributed by atoms with Crippen molar-refractivity contribution in [2.24, 2.45) is 0 Å². The zero-order valence-corrected chi connectivity index (χ0v) is 14.5. The predicted octanol–water partition coefficient (Wildman–Crippen LogP) is 5.29. The summed E-state index contributed by atoms with van der Waals surface area (Å²) in [5, 5.41) is 0. The van der Waals surface area contributed by atoms with Crippen molar-refractivity contribution in [2.75, 3.05) is 14.2 Å². The van der Waals surface area contributed by atoms with Crippen molar-refractivity contribution in [1.82, 2.24) is 0 Å². The minimum absolute atomic E-state index is 0.969. The highest BCUT2D eigenvalue weighted by Gasteiger charge is 2.23. The lowest BCUT2D eigenvalue weighted by Gasteiger charge is -2.15. The predicted molar refractivity (Wildman–Crippen MR) is 98.7 cm³/mol. The highest BCUT2D eigenvalue weighted by Crippen LogP contribution is 2.43. The molecule has 2 aliphatic rings. The average Bonchev–Trinajstić information content (AvgIpc) is 2.91. The molecule has 2 aromatic rings. The average molecular weight is 320 g/mol. The van der Waals surface area contributed by atoms with Gasteiger partial charge in [-0.25, -0.2) is 0 Å². The first-order valence-electron chi connectivity index (χ1n) is 8.87. The summed E-state index contributed by atoms with van der Waals surface area (Å²) in [4.78, 5) is 0. The van der Waals surface area contributed by atoms with Crippen LogP contribution in [-0.4, -0.2) is 14.2 Å². The van der Waals surface area contributed by atoms with E-state index in [1.54, 1.807) is 25.4 Å². The van der Waals surface area contributed by atoms with E-state index >= 15 is 0 Å². The van der Waals surface area contributed by atoms with E-state index in [-0.39, 0.29) is 0 Å². The monoisotopic (exact) mass is 320 g/mol. The number of methoxy groups -OCH3 is 2. The molecule has 0 amide bonds.